The second-order valence-corrected chi connectivity index (χ2v) is 13.6. The molecule has 1 unspecified atom stereocenters. The Labute approximate surface area is 216 Å². The summed E-state index contributed by atoms with van der Waals surface area (Å²) in [6, 6.07) is 0. The maximum atomic E-state index is 13.4. The normalized spacial score (nSPS) is 45.2. The molecule has 10 atom stereocenters. The fourth-order valence-corrected chi connectivity index (χ4v) is 8.88. The number of carbonyl (C=O) groups is 1. The van der Waals surface area contributed by atoms with Crippen LogP contribution in [0.1, 0.15) is 86.0 Å². The number of rotatable bonds is 7. The minimum atomic E-state index is -1.21. The Morgan fingerprint density at radius 3 is 2.36 bits per heavy atom. The number of fused-ring (bicyclic) bond motifs is 5. The van der Waals surface area contributed by atoms with Gasteiger partial charge in [0.2, 0.25) is 0 Å². The van der Waals surface area contributed by atoms with Gasteiger partial charge >= 0.3 is 0 Å². The topological polar surface area (TPSA) is 116 Å². The summed E-state index contributed by atoms with van der Waals surface area (Å²) in [5, 5.41) is 45.2. The molecule has 7 heteroatoms. The van der Waals surface area contributed by atoms with Crippen LogP contribution in [-0.2, 0) is 14.3 Å². The largest absolute Gasteiger partial charge is 0.390 e. The first-order valence-electron chi connectivity index (χ1n) is 13.7. The average molecular weight is 509 g/mol. The lowest BCUT2D eigenvalue weighted by atomic mass is 9.45. The Kier molecular flexibility index (Phi) is 7.15. The maximum absolute atomic E-state index is 13.4. The van der Waals surface area contributed by atoms with Crippen LogP contribution in [0.3, 0.4) is 0 Å². The zero-order valence-electron chi connectivity index (χ0n) is 23.2. The summed E-state index contributed by atoms with van der Waals surface area (Å²) in [6.07, 6.45) is 4.82. The summed E-state index contributed by atoms with van der Waals surface area (Å²) >= 11 is 0. The minimum absolute atomic E-state index is 0.00909. The molecule has 0 saturated heterocycles. The fraction of sp³-hybridized carbons (Fsp3) is 0.897. The Balaban J connectivity index is 1.68. The van der Waals surface area contributed by atoms with Crippen molar-refractivity contribution in [3.63, 3.8) is 0 Å². The molecule has 0 aromatic carbocycles. The summed E-state index contributed by atoms with van der Waals surface area (Å²) in [7, 11) is 3.20. The molecule has 0 heterocycles. The van der Waals surface area contributed by atoms with Gasteiger partial charge in [0.05, 0.1) is 35.1 Å². The zero-order chi connectivity index (χ0) is 26.9. The average Bonchev–Trinajstić information content (AvgIpc) is 3.06. The van der Waals surface area contributed by atoms with Gasteiger partial charge in [0.15, 0.2) is 5.78 Å². The van der Waals surface area contributed by atoms with E-state index < -0.39 is 34.4 Å². The van der Waals surface area contributed by atoms with Crippen molar-refractivity contribution in [3.8, 4) is 0 Å². The first-order chi connectivity index (χ1) is 16.5. The van der Waals surface area contributed by atoms with Crippen LogP contribution in [-0.4, -0.2) is 75.5 Å². The molecule has 0 amide bonds. The van der Waals surface area contributed by atoms with E-state index in [-0.39, 0.29) is 35.1 Å². The van der Waals surface area contributed by atoms with Crippen LogP contribution >= 0.6 is 0 Å². The molecule has 0 aromatic rings. The van der Waals surface area contributed by atoms with Crippen molar-refractivity contribution in [2.24, 2.45) is 28.6 Å². The molecule has 3 saturated carbocycles. The predicted octanol–water partition coefficient (Wildman–Crippen LogP) is 3.16. The molecule has 0 bridgehead atoms. The van der Waals surface area contributed by atoms with E-state index >= 15 is 0 Å². The van der Waals surface area contributed by atoms with Gasteiger partial charge in [-0.3, -0.25) is 4.79 Å². The van der Waals surface area contributed by atoms with Gasteiger partial charge in [-0.15, -0.1) is 0 Å². The fourth-order valence-electron chi connectivity index (χ4n) is 8.88. The molecule has 206 valence electrons. The van der Waals surface area contributed by atoms with Gasteiger partial charge in [0.25, 0.3) is 0 Å². The first-order valence-corrected chi connectivity index (χ1v) is 13.7. The SMILES string of the molecule is COC(CCC(C)(C)O)[C@](C)(O)[C@H]1CC[C@@]2(O)C3=CC(=O)[C@@H]4C[C@@H](O)[C@@H](OC)C[C@]4(C)[C@H]3CC[C@]12C. The number of carbonyl (C=O) groups excluding carboxylic acids is 1. The Morgan fingerprint density at radius 1 is 1.11 bits per heavy atom. The molecule has 0 aliphatic heterocycles. The summed E-state index contributed by atoms with van der Waals surface area (Å²) in [6.45, 7) is 9.52. The minimum Gasteiger partial charge on any atom is -0.390 e. The van der Waals surface area contributed by atoms with Crippen molar-refractivity contribution < 1.29 is 34.7 Å². The van der Waals surface area contributed by atoms with Crippen LogP contribution in [0, 0.1) is 28.6 Å². The lowest BCUT2D eigenvalue weighted by Gasteiger charge is -2.61. The number of aliphatic hydroxyl groups is 4. The molecule has 0 aromatic heterocycles. The maximum Gasteiger partial charge on any atom is 0.159 e. The Morgan fingerprint density at radius 2 is 1.78 bits per heavy atom. The van der Waals surface area contributed by atoms with Gasteiger partial charge in [-0.25, -0.2) is 0 Å². The molecule has 0 spiro atoms. The zero-order valence-corrected chi connectivity index (χ0v) is 23.2. The second-order valence-electron chi connectivity index (χ2n) is 13.6. The smallest absolute Gasteiger partial charge is 0.159 e. The molecule has 3 fully saturated rings. The molecule has 0 radical (unpaired) electrons. The van der Waals surface area contributed by atoms with Crippen LogP contribution < -0.4 is 0 Å². The van der Waals surface area contributed by atoms with Crippen molar-refractivity contribution in [2.75, 3.05) is 14.2 Å². The molecule has 36 heavy (non-hydrogen) atoms. The van der Waals surface area contributed by atoms with Gasteiger partial charge in [-0.05, 0) is 101 Å². The van der Waals surface area contributed by atoms with Gasteiger partial charge < -0.3 is 29.9 Å². The number of methoxy groups -OCH3 is 2. The summed E-state index contributed by atoms with van der Waals surface area (Å²) in [4.78, 5) is 13.4. The van der Waals surface area contributed by atoms with E-state index in [4.69, 9.17) is 9.47 Å². The lowest BCUT2D eigenvalue weighted by Crippen LogP contribution is -2.63. The Hall–Kier alpha value is -0.830. The molecule has 4 N–H and O–H groups in total. The number of ketones is 1. The van der Waals surface area contributed by atoms with E-state index in [1.165, 1.54) is 0 Å². The van der Waals surface area contributed by atoms with E-state index in [1.807, 2.05) is 6.92 Å². The second kappa shape index (κ2) is 9.13. The quantitative estimate of drug-likeness (QED) is 0.417. The van der Waals surface area contributed by atoms with Crippen molar-refractivity contribution in [3.05, 3.63) is 11.6 Å². The van der Waals surface area contributed by atoms with Crippen molar-refractivity contribution >= 4 is 5.78 Å². The van der Waals surface area contributed by atoms with Gasteiger partial charge in [-0.1, -0.05) is 13.8 Å². The highest BCUT2D eigenvalue weighted by molar-refractivity contribution is 5.95. The van der Waals surface area contributed by atoms with E-state index in [0.717, 1.165) is 18.4 Å². The van der Waals surface area contributed by atoms with Crippen LogP contribution in [0.15, 0.2) is 11.6 Å². The molecule has 4 aliphatic rings. The van der Waals surface area contributed by atoms with E-state index in [9.17, 15) is 25.2 Å². The summed E-state index contributed by atoms with van der Waals surface area (Å²) in [5.74, 6) is -0.490. The van der Waals surface area contributed by atoms with Crippen molar-refractivity contribution in [2.45, 2.75) is 121 Å². The van der Waals surface area contributed by atoms with Crippen LogP contribution in [0.25, 0.3) is 0 Å². The molecular formula is C29H48O7. The van der Waals surface area contributed by atoms with E-state index in [0.29, 0.717) is 38.5 Å². The van der Waals surface area contributed by atoms with Gasteiger partial charge in [-0.2, -0.15) is 0 Å². The number of ether oxygens (including phenoxy) is 2. The first kappa shape index (κ1) is 28.2. The molecule has 4 aliphatic carbocycles. The molecule has 4 rings (SSSR count). The third-order valence-corrected chi connectivity index (χ3v) is 11.1. The summed E-state index contributed by atoms with van der Waals surface area (Å²) in [5.41, 5.74) is -3.47. The number of hydrogen-bond donors (Lipinski definition) is 4. The van der Waals surface area contributed by atoms with E-state index in [1.54, 1.807) is 34.1 Å². The third kappa shape index (κ3) is 4.13. The predicted molar refractivity (Wildman–Crippen MR) is 136 cm³/mol. The van der Waals surface area contributed by atoms with Crippen LogP contribution in [0.5, 0.6) is 0 Å². The van der Waals surface area contributed by atoms with Crippen LogP contribution in [0.2, 0.25) is 0 Å². The standard InChI is InChI=1S/C29H48O7/c1-25(2,32)11-10-24(36-7)28(5,33)23-9-13-29(34)18-14-20(30)19-15-21(31)22(35-6)16-26(19,3)17(18)8-12-27(23,29)4/h14,17,19,21-24,31-34H,8-13,15-16H2,1-7H3/t17-,19-,21+,22-,23-,24?,26+,27+,28+,29+/m0/s1. The number of aliphatic hydroxyl groups excluding tert-OH is 1. The van der Waals surface area contributed by atoms with E-state index in [2.05, 4.69) is 13.8 Å². The molecular weight excluding hydrogens is 460 g/mol. The third-order valence-electron chi connectivity index (χ3n) is 11.1. The summed E-state index contributed by atoms with van der Waals surface area (Å²) < 4.78 is 11.4. The van der Waals surface area contributed by atoms with Crippen LogP contribution in [0.4, 0.5) is 0 Å². The van der Waals surface area contributed by atoms with Gasteiger partial charge in [0.1, 0.15) is 0 Å². The number of hydrogen-bond acceptors (Lipinski definition) is 7. The highest BCUT2D eigenvalue weighted by Crippen LogP contribution is 2.68. The lowest BCUT2D eigenvalue weighted by molar-refractivity contribution is -0.182. The van der Waals surface area contributed by atoms with Crippen molar-refractivity contribution in [1.29, 1.82) is 0 Å². The Bertz CT molecular complexity index is 891. The highest BCUT2D eigenvalue weighted by atomic mass is 16.5. The molecule has 7 nitrogen and oxygen atoms in total. The number of allylic oxidation sites excluding steroid dienone is 1. The monoisotopic (exact) mass is 508 g/mol. The van der Waals surface area contributed by atoms with Crippen molar-refractivity contribution in [1.82, 2.24) is 0 Å². The highest BCUT2D eigenvalue weighted by Gasteiger charge is 2.69. The van der Waals surface area contributed by atoms with Gasteiger partial charge in [0, 0.05) is 25.6 Å².